The van der Waals surface area contributed by atoms with E-state index in [1.807, 2.05) is 6.92 Å². The molecule has 1 fully saturated rings. The fourth-order valence-corrected chi connectivity index (χ4v) is 2.54. The summed E-state index contributed by atoms with van der Waals surface area (Å²) in [6.07, 6.45) is 5.77. The zero-order valence-corrected chi connectivity index (χ0v) is 13.6. The van der Waals surface area contributed by atoms with Gasteiger partial charge in [-0.15, -0.1) is 12.4 Å². The second kappa shape index (κ2) is 8.96. The number of anilines is 1. The van der Waals surface area contributed by atoms with Crippen LogP contribution in [0.3, 0.4) is 0 Å². The summed E-state index contributed by atoms with van der Waals surface area (Å²) in [5.74, 6) is -0.498. The fourth-order valence-electron chi connectivity index (χ4n) is 2.54. The van der Waals surface area contributed by atoms with Crippen molar-refractivity contribution in [3.63, 3.8) is 0 Å². The van der Waals surface area contributed by atoms with E-state index >= 15 is 0 Å². The van der Waals surface area contributed by atoms with Crippen LogP contribution in [0.5, 0.6) is 5.75 Å². The summed E-state index contributed by atoms with van der Waals surface area (Å²) in [6.45, 7) is 1.96. The van der Waals surface area contributed by atoms with E-state index in [9.17, 15) is 9.18 Å². The second-order valence-corrected chi connectivity index (χ2v) is 5.55. The Kier molecular flexibility index (Phi) is 7.62. The molecule has 0 heterocycles. The maximum atomic E-state index is 14.0. The van der Waals surface area contributed by atoms with Gasteiger partial charge in [0.2, 0.25) is 5.91 Å². The highest BCUT2D eigenvalue weighted by atomic mass is 35.5. The third-order valence-corrected chi connectivity index (χ3v) is 3.73. The lowest BCUT2D eigenvalue weighted by Crippen LogP contribution is -2.35. The molecule has 124 valence electrons. The number of benzene rings is 1. The molecule has 1 aromatic rings. The van der Waals surface area contributed by atoms with Crippen LogP contribution in [0, 0.1) is 5.82 Å². The van der Waals surface area contributed by atoms with Gasteiger partial charge in [0.1, 0.15) is 0 Å². The number of carbonyl (C=O) groups is 1. The SMILES string of the molecule is CCCC(N)C(=O)Nc1ccc(OC2CCCC2)c(F)c1.Cl. The summed E-state index contributed by atoms with van der Waals surface area (Å²) in [5, 5.41) is 2.63. The van der Waals surface area contributed by atoms with E-state index < -0.39 is 11.9 Å². The molecule has 1 atom stereocenters. The van der Waals surface area contributed by atoms with Crippen LogP contribution in [-0.2, 0) is 4.79 Å². The number of hydrogen-bond acceptors (Lipinski definition) is 3. The summed E-state index contributed by atoms with van der Waals surface area (Å²) in [6, 6.07) is 3.92. The highest BCUT2D eigenvalue weighted by molar-refractivity contribution is 5.94. The molecule has 0 spiro atoms. The Morgan fingerprint density at radius 2 is 2.14 bits per heavy atom. The van der Waals surface area contributed by atoms with E-state index in [0.717, 1.165) is 32.1 Å². The minimum atomic E-state index is -0.563. The lowest BCUT2D eigenvalue weighted by molar-refractivity contribution is -0.117. The van der Waals surface area contributed by atoms with Crippen molar-refractivity contribution in [1.82, 2.24) is 0 Å². The number of carbonyl (C=O) groups excluding carboxylic acids is 1. The van der Waals surface area contributed by atoms with Crippen molar-refractivity contribution in [2.45, 2.75) is 57.6 Å². The van der Waals surface area contributed by atoms with Crippen LogP contribution in [-0.4, -0.2) is 18.1 Å². The van der Waals surface area contributed by atoms with Gasteiger partial charge in [0, 0.05) is 11.8 Å². The average molecular weight is 331 g/mol. The van der Waals surface area contributed by atoms with E-state index in [0.29, 0.717) is 12.1 Å². The molecule has 4 nitrogen and oxygen atoms in total. The van der Waals surface area contributed by atoms with Gasteiger partial charge in [0.25, 0.3) is 0 Å². The number of ether oxygens (including phenoxy) is 1. The van der Waals surface area contributed by atoms with Gasteiger partial charge in [-0.25, -0.2) is 4.39 Å². The third kappa shape index (κ3) is 5.14. The quantitative estimate of drug-likeness (QED) is 0.837. The van der Waals surface area contributed by atoms with Crippen molar-refractivity contribution in [2.24, 2.45) is 5.73 Å². The maximum Gasteiger partial charge on any atom is 0.241 e. The lowest BCUT2D eigenvalue weighted by atomic mass is 10.1. The van der Waals surface area contributed by atoms with Crippen LogP contribution < -0.4 is 15.8 Å². The van der Waals surface area contributed by atoms with Gasteiger partial charge in [-0.2, -0.15) is 0 Å². The maximum absolute atomic E-state index is 14.0. The van der Waals surface area contributed by atoms with Gasteiger partial charge in [-0.1, -0.05) is 13.3 Å². The summed E-state index contributed by atoms with van der Waals surface area (Å²) in [7, 11) is 0. The van der Waals surface area contributed by atoms with Crippen LogP contribution in [0.1, 0.15) is 45.4 Å². The Balaban J connectivity index is 0.00000242. The lowest BCUT2D eigenvalue weighted by Gasteiger charge is -2.15. The predicted octanol–water partition coefficient (Wildman–Crippen LogP) is 3.63. The van der Waals surface area contributed by atoms with Crippen molar-refractivity contribution in [3.8, 4) is 5.75 Å². The molecule has 1 unspecified atom stereocenters. The summed E-state index contributed by atoms with van der Waals surface area (Å²) < 4.78 is 19.6. The Labute approximate surface area is 137 Å². The predicted molar refractivity (Wildman–Crippen MR) is 88.0 cm³/mol. The molecule has 1 amide bonds. The van der Waals surface area contributed by atoms with Gasteiger partial charge >= 0.3 is 0 Å². The Morgan fingerprint density at radius 3 is 2.73 bits per heavy atom. The normalized spacial score (nSPS) is 16.0. The molecule has 0 bridgehead atoms. The molecule has 22 heavy (non-hydrogen) atoms. The largest absolute Gasteiger partial charge is 0.487 e. The van der Waals surface area contributed by atoms with Crippen molar-refractivity contribution < 1.29 is 13.9 Å². The van der Waals surface area contributed by atoms with Gasteiger partial charge in [0.15, 0.2) is 11.6 Å². The van der Waals surface area contributed by atoms with Crippen LogP contribution in [0.25, 0.3) is 0 Å². The van der Waals surface area contributed by atoms with Gasteiger partial charge in [-0.3, -0.25) is 4.79 Å². The first-order valence-electron chi connectivity index (χ1n) is 7.62. The van der Waals surface area contributed by atoms with Crippen molar-refractivity contribution in [1.29, 1.82) is 0 Å². The van der Waals surface area contributed by atoms with E-state index in [4.69, 9.17) is 10.5 Å². The van der Waals surface area contributed by atoms with Crippen LogP contribution >= 0.6 is 12.4 Å². The van der Waals surface area contributed by atoms with E-state index in [1.54, 1.807) is 12.1 Å². The van der Waals surface area contributed by atoms with Crippen molar-refractivity contribution in [2.75, 3.05) is 5.32 Å². The summed E-state index contributed by atoms with van der Waals surface area (Å²) >= 11 is 0. The van der Waals surface area contributed by atoms with E-state index in [-0.39, 0.29) is 30.2 Å². The minimum absolute atomic E-state index is 0. The minimum Gasteiger partial charge on any atom is -0.487 e. The number of nitrogens with two attached hydrogens (primary N) is 1. The second-order valence-electron chi connectivity index (χ2n) is 5.55. The topological polar surface area (TPSA) is 64.4 Å². The van der Waals surface area contributed by atoms with E-state index in [2.05, 4.69) is 5.32 Å². The first-order valence-corrected chi connectivity index (χ1v) is 7.62. The monoisotopic (exact) mass is 330 g/mol. The fraction of sp³-hybridized carbons (Fsp3) is 0.562. The van der Waals surface area contributed by atoms with E-state index in [1.165, 1.54) is 6.07 Å². The molecule has 1 aromatic carbocycles. The molecule has 3 N–H and O–H groups in total. The molecule has 1 aliphatic carbocycles. The first kappa shape index (κ1) is 18.7. The number of nitrogens with one attached hydrogen (secondary N) is 1. The Bertz CT molecular complexity index is 493. The molecule has 2 rings (SSSR count). The molecule has 0 radical (unpaired) electrons. The molecule has 1 saturated carbocycles. The Hall–Kier alpha value is -1.33. The first-order chi connectivity index (χ1) is 10.1. The summed E-state index contributed by atoms with van der Waals surface area (Å²) in [5.41, 5.74) is 6.13. The number of amides is 1. The number of rotatable bonds is 6. The van der Waals surface area contributed by atoms with Crippen molar-refractivity contribution >= 4 is 24.0 Å². The van der Waals surface area contributed by atoms with Crippen molar-refractivity contribution in [3.05, 3.63) is 24.0 Å². The molecular formula is C16H24ClFN2O2. The highest BCUT2D eigenvalue weighted by Crippen LogP contribution is 2.27. The molecule has 0 aromatic heterocycles. The molecule has 0 aliphatic heterocycles. The highest BCUT2D eigenvalue weighted by Gasteiger charge is 2.19. The van der Waals surface area contributed by atoms with Gasteiger partial charge < -0.3 is 15.8 Å². The Morgan fingerprint density at radius 1 is 1.45 bits per heavy atom. The third-order valence-electron chi connectivity index (χ3n) is 3.73. The van der Waals surface area contributed by atoms with Gasteiger partial charge in [0.05, 0.1) is 12.1 Å². The zero-order chi connectivity index (χ0) is 15.2. The van der Waals surface area contributed by atoms with Crippen LogP contribution in [0.4, 0.5) is 10.1 Å². The number of hydrogen-bond donors (Lipinski definition) is 2. The molecule has 1 aliphatic rings. The standard InChI is InChI=1S/C16H23FN2O2.ClH/c1-2-5-14(18)16(20)19-11-8-9-15(13(17)10-11)21-12-6-3-4-7-12;/h8-10,12,14H,2-7,18H2,1H3,(H,19,20);1H. The van der Waals surface area contributed by atoms with Crippen LogP contribution in [0.2, 0.25) is 0 Å². The van der Waals surface area contributed by atoms with Gasteiger partial charge in [-0.05, 0) is 44.2 Å². The summed E-state index contributed by atoms with van der Waals surface area (Å²) in [4.78, 5) is 11.8. The molecule has 0 saturated heterocycles. The smallest absolute Gasteiger partial charge is 0.241 e. The van der Waals surface area contributed by atoms with Crippen LogP contribution in [0.15, 0.2) is 18.2 Å². The number of halogens is 2. The zero-order valence-electron chi connectivity index (χ0n) is 12.8. The average Bonchev–Trinajstić information content (AvgIpc) is 2.95. The molecular weight excluding hydrogens is 307 g/mol. The molecule has 6 heteroatoms.